The van der Waals surface area contributed by atoms with Crippen molar-refractivity contribution in [1.82, 2.24) is 9.29 Å². The van der Waals surface area contributed by atoms with E-state index in [0.717, 1.165) is 12.0 Å². The average Bonchev–Trinajstić information content (AvgIpc) is 2.30. The molecular formula is C11H19N3O2S. The Morgan fingerprint density at radius 2 is 2.24 bits per heavy atom. The molecule has 96 valence electrons. The van der Waals surface area contributed by atoms with Gasteiger partial charge in [-0.1, -0.05) is 13.0 Å². The van der Waals surface area contributed by atoms with Gasteiger partial charge in [-0.05, 0) is 18.1 Å². The quantitative estimate of drug-likeness (QED) is 0.816. The maximum absolute atomic E-state index is 11.9. The maximum Gasteiger partial charge on any atom is 0.215 e. The van der Waals surface area contributed by atoms with E-state index in [9.17, 15) is 8.42 Å². The van der Waals surface area contributed by atoms with E-state index in [0.29, 0.717) is 6.54 Å². The topological polar surface area (TPSA) is 76.3 Å². The van der Waals surface area contributed by atoms with Gasteiger partial charge in [-0.25, -0.2) is 12.7 Å². The van der Waals surface area contributed by atoms with Crippen molar-refractivity contribution in [3.05, 3.63) is 30.1 Å². The molecule has 0 aliphatic heterocycles. The van der Waals surface area contributed by atoms with Gasteiger partial charge in [-0.2, -0.15) is 0 Å². The lowest BCUT2D eigenvalue weighted by atomic mass is 10.2. The Morgan fingerprint density at radius 3 is 2.76 bits per heavy atom. The molecule has 5 nitrogen and oxygen atoms in total. The lowest BCUT2D eigenvalue weighted by Crippen LogP contribution is -2.34. The summed E-state index contributed by atoms with van der Waals surface area (Å²) >= 11 is 0. The second-order valence-electron chi connectivity index (χ2n) is 3.99. The molecule has 0 aromatic carbocycles. The smallest absolute Gasteiger partial charge is 0.215 e. The number of aromatic nitrogens is 1. The summed E-state index contributed by atoms with van der Waals surface area (Å²) in [5, 5.41) is 0. The minimum atomic E-state index is -3.29. The number of sulfonamides is 1. The van der Waals surface area contributed by atoms with Crippen LogP contribution in [-0.4, -0.2) is 37.1 Å². The van der Waals surface area contributed by atoms with E-state index in [1.54, 1.807) is 31.6 Å². The molecule has 1 aromatic heterocycles. The second-order valence-corrected chi connectivity index (χ2v) is 6.11. The van der Waals surface area contributed by atoms with Gasteiger partial charge in [-0.15, -0.1) is 0 Å². The van der Waals surface area contributed by atoms with Crippen LogP contribution in [0.25, 0.3) is 0 Å². The monoisotopic (exact) mass is 257 g/mol. The number of hydrogen-bond acceptors (Lipinski definition) is 4. The van der Waals surface area contributed by atoms with E-state index in [1.165, 1.54) is 4.31 Å². The number of pyridine rings is 1. The highest BCUT2D eigenvalue weighted by Gasteiger charge is 2.21. The minimum Gasteiger partial charge on any atom is -0.323 e. The first kappa shape index (κ1) is 14.1. The fourth-order valence-corrected chi connectivity index (χ4v) is 2.86. The predicted molar refractivity (Wildman–Crippen MR) is 67.9 cm³/mol. The van der Waals surface area contributed by atoms with E-state index in [1.807, 2.05) is 6.92 Å². The zero-order valence-corrected chi connectivity index (χ0v) is 11.0. The summed E-state index contributed by atoms with van der Waals surface area (Å²) in [6.07, 6.45) is 4.02. The van der Waals surface area contributed by atoms with Gasteiger partial charge in [0.25, 0.3) is 0 Å². The average molecular weight is 257 g/mol. The van der Waals surface area contributed by atoms with E-state index in [4.69, 9.17) is 5.73 Å². The van der Waals surface area contributed by atoms with E-state index in [-0.39, 0.29) is 5.75 Å². The number of nitrogens with two attached hydrogens (primary N) is 1. The first-order valence-electron chi connectivity index (χ1n) is 5.57. The normalized spacial score (nSPS) is 13.9. The van der Waals surface area contributed by atoms with Gasteiger partial charge in [0.2, 0.25) is 10.0 Å². The molecule has 0 aliphatic rings. The van der Waals surface area contributed by atoms with Gasteiger partial charge >= 0.3 is 0 Å². The Balaban J connectivity index is 2.71. The van der Waals surface area contributed by atoms with Crippen LogP contribution in [0.3, 0.4) is 0 Å². The number of rotatable bonds is 6. The highest BCUT2D eigenvalue weighted by Crippen LogP contribution is 2.12. The van der Waals surface area contributed by atoms with Crippen LogP contribution in [0.15, 0.2) is 24.5 Å². The maximum atomic E-state index is 11.9. The molecule has 0 saturated heterocycles. The van der Waals surface area contributed by atoms with E-state index >= 15 is 0 Å². The Bertz CT molecular complexity index is 433. The summed E-state index contributed by atoms with van der Waals surface area (Å²) in [5.74, 6) is -0.0881. The Hall–Kier alpha value is -0.980. The molecule has 0 amide bonds. The molecule has 2 N–H and O–H groups in total. The zero-order chi connectivity index (χ0) is 12.9. The summed E-state index contributed by atoms with van der Waals surface area (Å²) < 4.78 is 25.2. The lowest BCUT2D eigenvalue weighted by molar-refractivity contribution is 0.464. The highest BCUT2D eigenvalue weighted by atomic mass is 32.2. The second kappa shape index (κ2) is 6.09. The van der Waals surface area contributed by atoms with Gasteiger partial charge in [0.05, 0.1) is 5.75 Å². The van der Waals surface area contributed by atoms with Gasteiger partial charge < -0.3 is 5.73 Å². The predicted octanol–water partition coefficient (Wildman–Crippen LogP) is 0.753. The molecule has 17 heavy (non-hydrogen) atoms. The lowest BCUT2D eigenvalue weighted by Gasteiger charge is -2.19. The Morgan fingerprint density at radius 1 is 1.53 bits per heavy atom. The van der Waals surface area contributed by atoms with Crippen molar-refractivity contribution in [2.75, 3.05) is 19.3 Å². The number of nitrogens with zero attached hydrogens (tertiary/aromatic N) is 2. The fourth-order valence-electron chi connectivity index (χ4n) is 1.50. The molecule has 0 bridgehead atoms. The van der Waals surface area contributed by atoms with Crippen molar-refractivity contribution >= 4 is 10.0 Å². The van der Waals surface area contributed by atoms with Crippen LogP contribution in [0.5, 0.6) is 0 Å². The molecule has 1 aromatic rings. The minimum absolute atomic E-state index is 0.0881. The molecule has 1 heterocycles. The third-order valence-corrected chi connectivity index (χ3v) is 4.43. The molecule has 1 unspecified atom stereocenters. The summed E-state index contributed by atoms with van der Waals surface area (Å²) in [5.41, 5.74) is 6.61. The summed E-state index contributed by atoms with van der Waals surface area (Å²) in [7, 11) is -1.71. The third kappa shape index (κ3) is 4.07. The molecule has 0 fully saturated rings. The number of hydrogen-bond donors (Lipinski definition) is 1. The fraction of sp³-hybridized carbons (Fsp3) is 0.545. The molecule has 0 aliphatic carbocycles. The van der Waals surface area contributed by atoms with Crippen molar-refractivity contribution in [2.24, 2.45) is 5.73 Å². The van der Waals surface area contributed by atoms with Crippen LogP contribution in [0, 0.1) is 0 Å². The Kier molecular flexibility index (Phi) is 5.04. The molecule has 1 atom stereocenters. The van der Waals surface area contributed by atoms with Crippen molar-refractivity contribution in [2.45, 2.75) is 19.4 Å². The molecule has 0 radical (unpaired) electrons. The largest absolute Gasteiger partial charge is 0.323 e. The van der Waals surface area contributed by atoms with Gasteiger partial charge in [0, 0.05) is 32.0 Å². The molecule has 1 rings (SSSR count). The van der Waals surface area contributed by atoms with Crippen molar-refractivity contribution in [3.8, 4) is 0 Å². The van der Waals surface area contributed by atoms with Crippen LogP contribution in [0.2, 0.25) is 0 Å². The molecular weight excluding hydrogens is 238 g/mol. The highest BCUT2D eigenvalue weighted by molar-refractivity contribution is 7.89. The van der Waals surface area contributed by atoms with Crippen LogP contribution < -0.4 is 5.73 Å². The molecule has 0 saturated carbocycles. The SMILES string of the molecule is CCCN(C)S(=O)(=O)CC(N)c1cccnc1. The van der Waals surface area contributed by atoms with E-state index < -0.39 is 16.1 Å². The summed E-state index contributed by atoms with van der Waals surface area (Å²) in [6.45, 7) is 2.45. The zero-order valence-electron chi connectivity index (χ0n) is 10.2. The van der Waals surface area contributed by atoms with Crippen molar-refractivity contribution in [1.29, 1.82) is 0 Å². The Labute approximate surface area is 103 Å². The summed E-state index contributed by atoms with van der Waals surface area (Å²) in [6, 6.07) is 3.00. The molecule has 0 spiro atoms. The van der Waals surface area contributed by atoms with Gasteiger partial charge in [0.15, 0.2) is 0 Å². The standard InChI is InChI=1S/C11H19N3O2S/c1-3-7-14(2)17(15,16)9-11(12)10-5-4-6-13-8-10/h4-6,8,11H,3,7,9,12H2,1-2H3. The summed E-state index contributed by atoms with van der Waals surface area (Å²) in [4.78, 5) is 3.93. The van der Waals surface area contributed by atoms with E-state index in [2.05, 4.69) is 4.98 Å². The van der Waals surface area contributed by atoms with Crippen LogP contribution in [0.4, 0.5) is 0 Å². The van der Waals surface area contributed by atoms with Gasteiger partial charge in [0.1, 0.15) is 0 Å². The first-order chi connectivity index (χ1) is 7.97. The first-order valence-corrected chi connectivity index (χ1v) is 7.17. The van der Waals surface area contributed by atoms with Crippen LogP contribution in [-0.2, 0) is 10.0 Å². The third-order valence-electron chi connectivity index (χ3n) is 2.52. The van der Waals surface area contributed by atoms with Gasteiger partial charge in [-0.3, -0.25) is 4.98 Å². The molecule has 6 heteroatoms. The van der Waals surface area contributed by atoms with Crippen molar-refractivity contribution in [3.63, 3.8) is 0 Å². The van der Waals surface area contributed by atoms with Crippen LogP contribution in [0.1, 0.15) is 24.9 Å². The van der Waals surface area contributed by atoms with Crippen molar-refractivity contribution < 1.29 is 8.42 Å². The van der Waals surface area contributed by atoms with Crippen LogP contribution >= 0.6 is 0 Å².